The lowest BCUT2D eigenvalue weighted by Gasteiger charge is -2.03. The van der Waals surface area contributed by atoms with Crippen molar-refractivity contribution in [2.24, 2.45) is 0 Å². The number of imidazole rings is 1. The highest BCUT2D eigenvalue weighted by Gasteiger charge is 2.06. The third-order valence-corrected chi connectivity index (χ3v) is 3.39. The van der Waals surface area contributed by atoms with Gasteiger partial charge in [-0.3, -0.25) is 4.79 Å². The number of H-pyrrole nitrogens is 1. The molecule has 0 amide bonds. The van der Waals surface area contributed by atoms with Crippen LogP contribution in [-0.4, -0.2) is 21.0 Å². The van der Waals surface area contributed by atoms with Crippen molar-refractivity contribution >= 4 is 28.6 Å². The first-order valence-corrected chi connectivity index (χ1v) is 7.05. The van der Waals surface area contributed by atoms with Crippen LogP contribution in [-0.2, 0) is 17.8 Å². The number of rotatable bonds is 5. The zero-order valence-electron chi connectivity index (χ0n) is 11.5. The SMILES string of the molecule is O=C(O)Cc1ccc2nc(COc3ccc(Cl)cc3)[nH]c2c1. The van der Waals surface area contributed by atoms with Gasteiger partial charge in [-0.25, -0.2) is 4.98 Å². The molecule has 0 saturated carbocycles. The van der Waals surface area contributed by atoms with E-state index in [9.17, 15) is 4.79 Å². The van der Waals surface area contributed by atoms with E-state index in [1.54, 1.807) is 42.5 Å². The fourth-order valence-electron chi connectivity index (χ4n) is 2.15. The second-order valence-electron chi connectivity index (χ2n) is 4.85. The van der Waals surface area contributed by atoms with Crippen LogP contribution in [0.15, 0.2) is 42.5 Å². The van der Waals surface area contributed by atoms with E-state index in [1.165, 1.54) is 0 Å². The Labute approximate surface area is 131 Å². The fourth-order valence-corrected chi connectivity index (χ4v) is 2.27. The van der Waals surface area contributed by atoms with Crippen LogP contribution >= 0.6 is 11.6 Å². The van der Waals surface area contributed by atoms with E-state index in [2.05, 4.69) is 9.97 Å². The lowest BCUT2D eigenvalue weighted by molar-refractivity contribution is -0.136. The number of carboxylic acids is 1. The number of hydrogen-bond acceptors (Lipinski definition) is 3. The van der Waals surface area contributed by atoms with Crippen LogP contribution in [0.1, 0.15) is 11.4 Å². The van der Waals surface area contributed by atoms with Crippen LogP contribution in [0.4, 0.5) is 0 Å². The highest BCUT2D eigenvalue weighted by molar-refractivity contribution is 6.30. The molecule has 112 valence electrons. The van der Waals surface area contributed by atoms with Gasteiger partial charge in [-0.2, -0.15) is 0 Å². The first-order valence-electron chi connectivity index (χ1n) is 6.68. The van der Waals surface area contributed by atoms with Gasteiger partial charge < -0.3 is 14.8 Å². The topological polar surface area (TPSA) is 75.2 Å². The van der Waals surface area contributed by atoms with Crippen molar-refractivity contribution in [3.05, 3.63) is 58.9 Å². The number of aromatic amines is 1. The molecule has 3 aromatic rings. The Bertz CT molecular complexity index is 812. The molecule has 0 unspecified atom stereocenters. The molecular formula is C16H13ClN2O3. The number of fused-ring (bicyclic) bond motifs is 1. The minimum atomic E-state index is -0.856. The average Bonchev–Trinajstić information content (AvgIpc) is 2.88. The lowest BCUT2D eigenvalue weighted by atomic mass is 10.1. The summed E-state index contributed by atoms with van der Waals surface area (Å²) in [7, 11) is 0. The van der Waals surface area contributed by atoms with Gasteiger partial charge in [0.25, 0.3) is 0 Å². The van der Waals surface area contributed by atoms with Crippen LogP contribution in [0.2, 0.25) is 5.02 Å². The van der Waals surface area contributed by atoms with Gasteiger partial charge in [0, 0.05) is 5.02 Å². The Morgan fingerprint density at radius 3 is 2.73 bits per heavy atom. The van der Waals surface area contributed by atoms with Gasteiger partial charge in [-0.05, 0) is 42.0 Å². The smallest absolute Gasteiger partial charge is 0.307 e. The summed E-state index contributed by atoms with van der Waals surface area (Å²) in [5.41, 5.74) is 2.31. The summed E-state index contributed by atoms with van der Waals surface area (Å²) in [6.45, 7) is 0.296. The first-order chi connectivity index (χ1) is 10.6. The van der Waals surface area contributed by atoms with Gasteiger partial charge in [0.2, 0.25) is 0 Å². The molecule has 0 fully saturated rings. The Morgan fingerprint density at radius 2 is 2.00 bits per heavy atom. The van der Waals surface area contributed by atoms with Gasteiger partial charge in [0.05, 0.1) is 17.5 Å². The minimum absolute atomic E-state index is 0.00837. The highest BCUT2D eigenvalue weighted by atomic mass is 35.5. The summed E-state index contributed by atoms with van der Waals surface area (Å²) in [5.74, 6) is 0.527. The molecule has 2 N–H and O–H groups in total. The molecule has 5 nitrogen and oxygen atoms in total. The van der Waals surface area contributed by atoms with Crippen molar-refractivity contribution in [2.45, 2.75) is 13.0 Å². The maximum Gasteiger partial charge on any atom is 0.307 e. The fraction of sp³-hybridized carbons (Fsp3) is 0.125. The Hall–Kier alpha value is -2.53. The monoisotopic (exact) mass is 316 g/mol. The van der Waals surface area contributed by atoms with E-state index in [-0.39, 0.29) is 6.42 Å². The van der Waals surface area contributed by atoms with E-state index in [4.69, 9.17) is 21.4 Å². The number of carbonyl (C=O) groups is 1. The number of ether oxygens (including phenoxy) is 1. The number of benzene rings is 2. The molecular weight excluding hydrogens is 304 g/mol. The number of carboxylic acid groups (broad SMARTS) is 1. The molecule has 22 heavy (non-hydrogen) atoms. The third-order valence-electron chi connectivity index (χ3n) is 3.14. The van der Waals surface area contributed by atoms with Crippen LogP contribution in [0.3, 0.4) is 0 Å². The van der Waals surface area contributed by atoms with Gasteiger partial charge in [0.1, 0.15) is 18.2 Å². The molecule has 2 aromatic carbocycles. The third kappa shape index (κ3) is 3.38. The maximum absolute atomic E-state index is 10.7. The van der Waals surface area contributed by atoms with Gasteiger partial charge in [0.15, 0.2) is 0 Å². The molecule has 0 aliphatic rings. The van der Waals surface area contributed by atoms with Crippen molar-refractivity contribution < 1.29 is 14.6 Å². The van der Waals surface area contributed by atoms with Crippen LogP contribution in [0, 0.1) is 0 Å². The van der Waals surface area contributed by atoms with Gasteiger partial charge in [-0.1, -0.05) is 17.7 Å². The van der Waals surface area contributed by atoms with Gasteiger partial charge >= 0.3 is 5.97 Å². The number of aliphatic carboxylic acids is 1. The number of hydrogen-bond donors (Lipinski definition) is 2. The first kappa shape index (κ1) is 14.4. The molecule has 3 rings (SSSR count). The van der Waals surface area contributed by atoms with Crippen molar-refractivity contribution in [3.8, 4) is 5.75 Å². The van der Waals surface area contributed by atoms with Crippen LogP contribution in [0.5, 0.6) is 5.75 Å². The molecule has 1 aromatic heterocycles. The van der Waals surface area contributed by atoms with E-state index in [0.29, 0.717) is 23.2 Å². The van der Waals surface area contributed by atoms with E-state index < -0.39 is 5.97 Å². The number of nitrogens with one attached hydrogen (secondary N) is 1. The summed E-state index contributed by atoms with van der Waals surface area (Å²) >= 11 is 5.82. The quantitative estimate of drug-likeness (QED) is 0.756. The maximum atomic E-state index is 10.7. The Kier molecular flexibility index (Phi) is 3.98. The zero-order chi connectivity index (χ0) is 15.5. The molecule has 1 heterocycles. The molecule has 0 atom stereocenters. The van der Waals surface area contributed by atoms with E-state index in [1.807, 2.05) is 0 Å². The lowest BCUT2D eigenvalue weighted by Crippen LogP contribution is -1.99. The predicted octanol–water partition coefficient (Wildman–Crippen LogP) is 3.42. The molecule has 0 aliphatic heterocycles. The van der Waals surface area contributed by atoms with Crippen molar-refractivity contribution in [3.63, 3.8) is 0 Å². The number of halogens is 1. The van der Waals surface area contributed by atoms with Crippen molar-refractivity contribution in [1.29, 1.82) is 0 Å². The van der Waals surface area contributed by atoms with E-state index in [0.717, 1.165) is 16.6 Å². The van der Waals surface area contributed by atoms with E-state index >= 15 is 0 Å². The molecule has 0 spiro atoms. The highest BCUT2D eigenvalue weighted by Crippen LogP contribution is 2.18. The minimum Gasteiger partial charge on any atom is -0.486 e. The van der Waals surface area contributed by atoms with Crippen LogP contribution in [0.25, 0.3) is 11.0 Å². The predicted molar refractivity (Wildman–Crippen MR) is 83.2 cm³/mol. The largest absolute Gasteiger partial charge is 0.486 e. The summed E-state index contributed by atoms with van der Waals surface area (Å²) in [6, 6.07) is 12.5. The molecule has 6 heteroatoms. The van der Waals surface area contributed by atoms with Crippen molar-refractivity contribution in [1.82, 2.24) is 9.97 Å². The molecule has 0 bridgehead atoms. The number of aromatic nitrogens is 2. The Balaban J connectivity index is 1.74. The summed E-state index contributed by atoms with van der Waals surface area (Å²) in [6.07, 6.45) is -0.00837. The van der Waals surface area contributed by atoms with Crippen molar-refractivity contribution in [2.75, 3.05) is 0 Å². The molecule has 0 radical (unpaired) electrons. The standard InChI is InChI=1S/C16H13ClN2O3/c17-11-2-4-12(5-3-11)22-9-15-18-13-6-1-10(8-16(20)21)7-14(13)19-15/h1-7H,8-9H2,(H,18,19)(H,20,21). The van der Waals surface area contributed by atoms with Crippen LogP contribution < -0.4 is 4.74 Å². The summed E-state index contributed by atoms with van der Waals surface area (Å²) in [5, 5.41) is 9.47. The average molecular weight is 317 g/mol. The normalized spacial score (nSPS) is 10.8. The van der Waals surface area contributed by atoms with Gasteiger partial charge in [-0.15, -0.1) is 0 Å². The number of nitrogens with zero attached hydrogens (tertiary/aromatic N) is 1. The second-order valence-corrected chi connectivity index (χ2v) is 5.28. The zero-order valence-corrected chi connectivity index (χ0v) is 12.3. The molecule has 0 aliphatic carbocycles. The second kappa shape index (κ2) is 6.07. The summed E-state index contributed by atoms with van der Waals surface area (Å²) < 4.78 is 5.62. The molecule has 0 saturated heterocycles. The summed E-state index contributed by atoms with van der Waals surface area (Å²) in [4.78, 5) is 18.3. The Morgan fingerprint density at radius 1 is 1.23 bits per heavy atom.